The van der Waals surface area contributed by atoms with Gasteiger partial charge in [-0.05, 0) is 42.0 Å². The first kappa shape index (κ1) is 18.1. The molecule has 134 valence electrons. The van der Waals surface area contributed by atoms with Crippen LogP contribution in [0.1, 0.15) is 9.67 Å². The Labute approximate surface area is 154 Å². The molecule has 0 unspecified atom stereocenters. The highest BCUT2D eigenvalue weighted by molar-refractivity contribution is 7.17. The molecule has 0 bridgehead atoms. The topological polar surface area (TPSA) is 29.5 Å². The van der Waals surface area contributed by atoms with Gasteiger partial charge < -0.3 is 9.64 Å². The van der Waals surface area contributed by atoms with E-state index in [1.54, 1.807) is 43.4 Å². The number of hydrogen-bond acceptors (Lipinski definition) is 3. The fraction of sp³-hybridized carbons (Fsp3) is 0.150. The van der Waals surface area contributed by atoms with Gasteiger partial charge in [-0.25, -0.2) is 8.78 Å². The first-order valence-corrected chi connectivity index (χ1v) is 8.85. The number of thiophene rings is 1. The van der Waals surface area contributed by atoms with E-state index in [1.807, 2.05) is 6.07 Å². The van der Waals surface area contributed by atoms with Crippen molar-refractivity contribution in [2.45, 2.75) is 0 Å². The molecule has 0 aliphatic heterocycles. The number of carbonyl (C=O) groups is 1. The van der Waals surface area contributed by atoms with Gasteiger partial charge in [0.15, 0.2) is 11.6 Å². The number of halogens is 2. The zero-order valence-electron chi connectivity index (χ0n) is 14.1. The van der Waals surface area contributed by atoms with Gasteiger partial charge in [-0.1, -0.05) is 24.3 Å². The van der Waals surface area contributed by atoms with Crippen LogP contribution in [0.25, 0.3) is 10.4 Å². The quantitative estimate of drug-likeness (QED) is 0.618. The second-order valence-electron chi connectivity index (χ2n) is 5.68. The van der Waals surface area contributed by atoms with E-state index in [0.717, 1.165) is 10.4 Å². The molecule has 0 atom stereocenters. The summed E-state index contributed by atoms with van der Waals surface area (Å²) in [6.07, 6.45) is 0. The second-order valence-corrected chi connectivity index (χ2v) is 6.76. The molecule has 0 radical (unpaired) electrons. The van der Waals surface area contributed by atoms with Gasteiger partial charge in [0.2, 0.25) is 0 Å². The average molecular weight is 373 g/mol. The maximum absolute atomic E-state index is 13.5. The van der Waals surface area contributed by atoms with Gasteiger partial charge in [0.05, 0.1) is 11.4 Å². The van der Waals surface area contributed by atoms with Gasteiger partial charge in [0, 0.05) is 11.9 Å². The summed E-state index contributed by atoms with van der Waals surface area (Å²) in [7, 11) is 1.67. The summed E-state index contributed by atoms with van der Waals surface area (Å²) in [5.74, 6) is -0.691. The molecule has 0 aliphatic carbocycles. The summed E-state index contributed by atoms with van der Waals surface area (Å²) in [6.45, 7) is 0.524. The Kier molecular flexibility index (Phi) is 5.63. The lowest BCUT2D eigenvalue weighted by Crippen LogP contribution is -2.30. The minimum Gasteiger partial charge on any atom is -0.489 e. The first-order chi connectivity index (χ1) is 12.5. The molecule has 0 saturated heterocycles. The Bertz CT molecular complexity index is 893. The average Bonchev–Trinajstić information content (AvgIpc) is 3.13. The molecule has 3 rings (SSSR count). The molecule has 1 heterocycles. The predicted molar refractivity (Wildman–Crippen MR) is 98.6 cm³/mol. The summed E-state index contributed by atoms with van der Waals surface area (Å²) in [5.41, 5.74) is 0.862. The van der Waals surface area contributed by atoms with E-state index in [9.17, 15) is 13.6 Å². The van der Waals surface area contributed by atoms with E-state index in [0.29, 0.717) is 11.4 Å². The lowest BCUT2D eigenvalue weighted by molar-refractivity contribution is 0.0777. The van der Waals surface area contributed by atoms with Crippen LogP contribution in [0.4, 0.5) is 8.78 Å². The molecule has 0 saturated carbocycles. The minimum atomic E-state index is -0.427. The molecule has 1 aromatic heterocycles. The molecule has 3 aromatic rings. The number of likely N-dealkylation sites (N-methyl/N-ethyl adjacent to an activating group) is 1. The van der Waals surface area contributed by atoms with E-state index in [2.05, 4.69) is 0 Å². The highest BCUT2D eigenvalue weighted by Crippen LogP contribution is 2.28. The third kappa shape index (κ3) is 4.26. The van der Waals surface area contributed by atoms with Crippen molar-refractivity contribution in [2.24, 2.45) is 0 Å². The Morgan fingerprint density at radius 1 is 1.04 bits per heavy atom. The van der Waals surface area contributed by atoms with E-state index in [1.165, 1.54) is 34.4 Å². The van der Waals surface area contributed by atoms with E-state index < -0.39 is 5.82 Å². The summed E-state index contributed by atoms with van der Waals surface area (Å²) < 4.78 is 31.9. The van der Waals surface area contributed by atoms with Crippen LogP contribution in [0.2, 0.25) is 0 Å². The zero-order chi connectivity index (χ0) is 18.5. The van der Waals surface area contributed by atoms with E-state index in [4.69, 9.17) is 4.74 Å². The Morgan fingerprint density at radius 2 is 1.77 bits per heavy atom. The summed E-state index contributed by atoms with van der Waals surface area (Å²) in [4.78, 5) is 15.5. The van der Waals surface area contributed by atoms with E-state index in [-0.39, 0.29) is 24.1 Å². The fourth-order valence-corrected chi connectivity index (χ4v) is 3.37. The number of ether oxygens (including phenoxy) is 1. The number of benzene rings is 2. The largest absolute Gasteiger partial charge is 0.489 e. The van der Waals surface area contributed by atoms with Crippen molar-refractivity contribution in [3.05, 3.63) is 77.2 Å². The van der Waals surface area contributed by atoms with Gasteiger partial charge in [-0.15, -0.1) is 11.3 Å². The van der Waals surface area contributed by atoms with Crippen LogP contribution in [-0.2, 0) is 0 Å². The van der Waals surface area contributed by atoms with Crippen LogP contribution in [0.5, 0.6) is 5.75 Å². The first-order valence-electron chi connectivity index (χ1n) is 8.03. The predicted octanol–water partition coefficient (Wildman–Crippen LogP) is 4.84. The molecule has 6 heteroatoms. The third-order valence-electron chi connectivity index (χ3n) is 3.81. The van der Waals surface area contributed by atoms with Crippen molar-refractivity contribution in [1.82, 2.24) is 4.90 Å². The molecule has 2 aromatic carbocycles. The van der Waals surface area contributed by atoms with Crippen LogP contribution < -0.4 is 4.74 Å². The van der Waals surface area contributed by atoms with Crippen LogP contribution in [0, 0.1) is 11.6 Å². The van der Waals surface area contributed by atoms with Crippen molar-refractivity contribution < 1.29 is 18.3 Å². The Morgan fingerprint density at radius 3 is 2.50 bits per heavy atom. The van der Waals surface area contributed by atoms with Crippen LogP contribution >= 0.6 is 11.3 Å². The molecule has 0 fully saturated rings. The Hall–Kier alpha value is -2.73. The molecule has 1 amide bonds. The van der Waals surface area contributed by atoms with E-state index >= 15 is 0 Å². The van der Waals surface area contributed by atoms with Gasteiger partial charge in [-0.3, -0.25) is 4.79 Å². The molecule has 3 nitrogen and oxygen atoms in total. The molecule has 0 aliphatic rings. The van der Waals surface area contributed by atoms with Gasteiger partial charge >= 0.3 is 0 Å². The van der Waals surface area contributed by atoms with Crippen molar-refractivity contribution in [1.29, 1.82) is 0 Å². The summed E-state index contributed by atoms with van der Waals surface area (Å²) in [5, 5.41) is 0. The van der Waals surface area contributed by atoms with Gasteiger partial charge in [-0.2, -0.15) is 0 Å². The minimum absolute atomic E-state index is 0.138. The molecule has 0 N–H and O–H groups in total. The van der Waals surface area contributed by atoms with Crippen LogP contribution in [0.3, 0.4) is 0 Å². The normalized spacial score (nSPS) is 10.6. The van der Waals surface area contributed by atoms with Crippen LogP contribution in [-0.4, -0.2) is 31.0 Å². The molecule has 26 heavy (non-hydrogen) atoms. The molecule has 0 spiro atoms. The maximum atomic E-state index is 13.5. The summed E-state index contributed by atoms with van der Waals surface area (Å²) >= 11 is 1.35. The number of hydrogen-bond donors (Lipinski definition) is 0. The smallest absolute Gasteiger partial charge is 0.263 e. The number of nitrogens with zero attached hydrogens (tertiary/aromatic N) is 1. The lowest BCUT2D eigenvalue weighted by atomic mass is 10.2. The molecular weight excluding hydrogens is 356 g/mol. The lowest BCUT2D eigenvalue weighted by Gasteiger charge is -2.16. The number of carbonyl (C=O) groups excluding carboxylic acids is 1. The number of rotatable bonds is 6. The van der Waals surface area contributed by atoms with Crippen molar-refractivity contribution >= 4 is 17.2 Å². The SMILES string of the molecule is CN(CCOc1ccccc1F)C(=O)c1ccc(-c2ccc(F)cc2)s1. The summed E-state index contributed by atoms with van der Waals surface area (Å²) in [6, 6.07) is 15.9. The standard InChI is InChI=1S/C20H17F2NO2S/c1-23(12-13-25-17-5-3-2-4-16(17)22)20(24)19-11-10-18(26-19)14-6-8-15(21)9-7-14/h2-11H,12-13H2,1H3. The third-order valence-corrected chi connectivity index (χ3v) is 4.94. The van der Waals surface area contributed by atoms with Crippen molar-refractivity contribution in [3.8, 4) is 16.2 Å². The van der Waals surface area contributed by atoms with Crippen molar-refractivity contribution in [2.75, 3.05) is 20.2 Å². The Balaban J connectivity index is 1.58. The fourth-order valence-electron chi connectivity index (χ4n) is 2.37. The maximum Gasteiger partial charge on any atom is 0.263 e. The highest BCUT2D eigenvalue weighted by Gasteiger charge is 2.15. The van der Waals surface area contributed by atoms with Crippen LogP contribution in [0.15, 0.2) is 60.7 Å². The second kappa shape index (κ2) is 8.10. The number of amides is 1. The molecular formula is C20H17F2NO2S. The van der Waals surface area contributed by atoms with Gasteiger partial charge in [0.25, 0.3) is 5.91 Å². The highest BCUT2D eigenvalue weighted by atomic mass is 32.1. The van der Waals surface area contributed by atoms with Crippen molar-refractivity contribution in [3.63, 3.8) is 0 Å². The monoisotopic (exact) mass is 373 g/mol. The number of para-hydroxylation sites is 1. The zero-order valence-corrected chi connectivity index (χ0v) is 14.9. The van der Waals surface area contributed by atoms with Gasteiger partial charge in [0.1, 0.15) is 12.4 Å².